The summed E-state index contributed by atoms with van der Waals surface area (Å²) < 4.78 is 11.3. The van der Waals surface area contributed by atoms with Gasteiger partial charge in [-0.25, -0.2) is 0 Å². The van der Waals surface area contributed by atoms with Gasteiger partial charge in [0.1, 0.15) is 0 Å². The average molecular weight is 247 g/mol. The van der Waals surface area contributed by atoms with Crippen molar-refractivity contribution in [3.05, 3.63) is 35.9 Å². The van der Waals surface area contributed by atoms with Crippen LogP contribution in [0.4, 0.5) is 0 Å². The summed E-state index contributed by atoms with van der Waals surface area (Å²) in [4.78, 5) is 0. The fourth-order valence-electron chi connectivity index (χ4n) is 2.40. The average Bonchev–Trinajstić information content (AvgIpc) is 2.92. The zero-order chi connectivity index (χ0) is 12.5. The normalized spacial score (nSPS) is 16.2. The molecule has 2 heteroatoms. The van der Waals surface area contributed by atoms with Crippen molar-refractivity contribution in [1.29, 1.82) is 0 Å². The van der Waals surface area contributed by atoms with E-state index in [4.69, 9.17) is 9.47 Å². The molecule has 99 valence electrons. The Labute approximate surface area is 110 Å². The largest absolute Gasteiger partial charge is 0.379 e. The second-order valence-electron chi connectivity index (χ2n) is 4.90. The van der Waals surface area contributed by atoms with Gasteiger partial charge in [-0.2, -0.15) is 0 Å². The van der Waals surface area contributed by atoms with Crippen LogP contribution in [0.15, 0.2) is 24.3 Å². The molecule has 0 N–H and O–H groups in total. The molecule has 2 rings (SSSR count). The van der Waals surface area contributed by atoms with Gasteiger partial charge in [0.25, 0.3) is 0 Å². The Kier molecular flexibility index (Phi) is 6.24. The lowest BCUT2D eigenvalue weighted by Crippen LogP contribution is -2.13. The van der Waals surface area contributed by atoms with Crippen molar-refractivity contribution < 1.29 is 9.47 Å². The predicted molar refractivity (Wildman–Crippen MR) is 72.6 cm³/mol. The summed E-state index contributed by atoms with van der Waals surface area (Å²) >= 11 is 0. The van der Waals surface area contributed by atoms with E-state index in [1.807, 2.05) is 12.1 Å². The van der Waals surface area contributed by atoms with E-state index >= 15 is 0 Å². The van der Waals surface area contributed by atoms with Crippen molar-refractivity contribution in [3.63, 3.8) is 0 Å². The van der Waals surface area contributed by atoms with Crippen LogP contribution in [0.2, 0.25) is 0 Å². The molecule has 1 aliphatic carbocycles. The molecule has 1 saturated carbocycles. The van der Waals surface area contributed by atoms with Crippen molar-refractivity contribution in [2.45, 2.75) is 44.6 Å². The number of benzene rings is 1. The summed E-state index contributed by atoms with van der Waals surface area (Å²) in [6.07, 6.45) is 7.82. The summed E-state index contributed by atoms with van der Waals surface area (Å²) in [5, 5.41) is 0. The first-order valence-corrected chi connectivity index (χ1v) is 7.09. The Morgan fingerprint density at radius 2 is 1.83 bits per heavy atom. The Morgan fingerprint density at radius 3 is 2.61 bits per heavy atom. The van der Waals surface area contributed by atoms with E-state index in [0.717, 1.165) is 32.7 Å². The Balaban J connectivity index is 1.42. The molecule has 1 fully saturated rings. The summed E-state index contributed by atoms with van der Waals surface area (Å²) in [6.45, 7) is 2.32. The van der Waals surface area contributed by atoms with Crippen molar-refractivity contribution in [3.8, 4) is 0 Å². The van der Waals surface area contributed by atoms with E-state index in [2.05, 4.69) is 18.2 Å². The Hall–Kier alpha value is -0.860. The standard InChI is InChI=1S/C16H23O2/c1-2-7-15(8-3-1)9-6-12-17-13-14-18-16-10-4-5-11-16/h2-3,7-8,16H,4-6,9-14H2. The lowest BCUT2D eigenvalue weighted by Gasteiger charge is -2.11. The van der Waals surface area contributed by atoms with Crippen LogP contribution in [0, 0.1) is 6.07 Å². The molecule has 0 unspecified atom stereocenters. The molecule has 2 nitrogen and oxygen atoms in total. The van der Waals surface area contributed by atoms with Gasteiger partial charge in [-0.15, -0.1) is 0 Å². The van der Waals surface area contributed by atoms with Gasteiger partial charge in [0.15, 0.2) is 0 Å². The van der Waals surface area contributed by atoms with Crippen LogP contribution >= 0.6 is 0 Å². The number of rotatable bonds is 8. The van der Waals surface area contributed by atoms with Gasteiger partial charge in [-0.05, 0) is 37.3 Å². The van der Waals surface area contributed by atoms with Gasteiger partial charge in [0, 0.05) is 6.61 Å². The number of hydrogen-bond donors (Lipinski definition) is 0. The van der Waals surface area contributed by atoms with Gasteiger partial charge in [0.05, 0.1) is 19.3 Å². The molecule has 1 aromatic rings. The van der Waals surface area contributed by atoms with E-state index in [9.17, 15) is 0 Å². The third-order valence-corrected chi connectivity index (χ3v) is 3.42. The first-order chi connectivity index (χ1) is 8.95. The zero-order valence-corrected chi connectivity index (χ0v) is 11.1. The van der Waals surface area contributed by atoms with Crippen LogP contribution in [0.5, 0.6) is 0 Å². The molecule has 0 amide bonds. The second-order valence-corrected chi connectivity index (χ2v) is 4.90. The lowest BCUT2D eigenvalue weighted by atomic mass is 10.1. The van der Waals surface area contributed by atoms with Crippen LogP contribution in [0.1, 0.15) is 37.7 Å². The van der Waals surface area contributed by atoms with Crippen LogP contribution in [-0.2, 0) is 15.9 Å². The molecule has 0 heterocycles. The quantitative estimate of drug-likeness (QED) is 0.656. The van der Waals surface area contributed by atoms with Gasteiger partial charge >= 0.3 is 0 Å². The predicted octanol–water partition coefficient (Wildman–Crippen LogP) is 3.40. The van der Waals surface area contributed by atoms with Gasteiger partial charge in [-0.3, -0.25) is 0 Å². The molecule has 1 radical (unpaired) electrons. The topological polar surface area (TPSA) is 18.5 Å². The summed E-state index contributed by atoms with van der Waals surface area (Å²) in [5.41, 5.74) is 1.36. The third kappa shape index (κ3) is 5.19. The van der Waals surface area contributed by atoms with Gasteiger partial charge in [0.2, 0.25) is 0 Å². The highest BCUT2D eigenvalue weighted by molar-refractivity contribution is 5.13. The van der Waals surface area contributed by atoms with Crippen molar-refractivity contribution in [2.24, 2.45) is 0 Å². The molecule has 0 atom stereocenters. The molecule has 1 aliphatic rings. The molecule has 0 spiro atoms. The minimum Gasteiger partial charge on any atom is -0.379 e. The second kappa shape index (κ2) is 8.28. The monoisotopic (exact) mass is 247 g/mol. The molecular formula is C16H23O2. The summed E-state index contributed by atoms with van der Waals surface area (Å²) in [6, 6.07) is 11.2. The zero-order valence-electron chi connectivity index (χ0n) is 11.1. The first-order valence-electron chi connectivity index (χ1n) is 7.09. The van der Waals surface area contributed by atoms with E-state index in [1.54, 1.807) is 0 Å². The van der Waals surface area contributed by atoms with Crippen LogP contribution in [-0.4, -0.2) is 25.9 Å². The molecular weight excluding hydrogens is 224 g/mol. The molecule has 0 aromatic heterocycles. The smallest absolute Gasteiger partial charge is 0.0704 e. The maximum absolute atomic E-state index is 5.74. The molecule has 1 aromatic carbocycles. The third-order valence-electron chi connectivity index (χ3n) is 3.42. The Bertz CT molecular complexity index is 304. The molecule has 0 bridgehead atoms. The van der Waals surface area contributed by atoms with E-state index in [-0.39, 0.29) is 0 Å². The van der Waals surface area contributed by atoms with Crippen LogP contribution in [0.3, 0.4) is 0 Å². The molecule has 0 aliphatic heterocycles. The van der Waals surface area contributed by atoms with E-state index in [0.29, 0.717) is 6.10 Å². The molecule has 18 heavy (non-hydrogen) atoms. The lowest BCUT2D eigenvalue weighted by molar-refractivity contribution is 0.00754. The number of ether oxygens (including phenoxy) is 2. The fraction of sp³-hybridized carbons (Fsp3) is 0.625. The number of hydrogen-bond acceptors (Lipinski definition) is 2. The Morgan fingerprint density at radius 1 is 1.06 bits per heavy atom. The van der Waals surface area contributed by atoms with Crippen molar-refractivity contribution in [1.82, 2.24) is 0 Å². The van der Waals surface area contributed by atoms with Crippen LogP contribution < -0.4 is 0 Å². The highest BCUT2D eigenvalue weighted by Gasteiger charge is 2.14. The highest BCUT2D eigenvalue weighted by Crippen LogP contribution is 2.20. The van der Waals surface area contributed by atoms with Crippen molar-refractivity contribution in [2.75, 3.05) is 19.8 Å². The highest BCUT2D eigenvalue weighted by atomic mass is 16.5. The van der Waals surface area contributed by atoms with E-state index in [1.165, 1.54) is 31.2 Å². The maximum atomic E-state index is 5.74. The summed E-state index contributed by atoms with van der Waals surface area (Å²) in [5.74, 6) is 0. The SMILES string of the molecule is [c]1ccc(CCCOCCOC2CCCC2)cc1. The van der Waals surface area contributed by atoms with E-state index < -0.39 is 0 Å². The minimum atomic E-state index is 0.508. The van der Waals surface area contributed by atoms with Crippen molar-refractivity contribution >= 4 is 0 Å². The van der Waals surface area contributed by atoms with Gasteiger partial charge < -0.3 is 9.47 Å². The first kappa shape index (κ1) is 13.6. The number of aryl methyl sites for hydroxylation is 1. The maximum Gasteiger partial charge on any atom is 0.0704 e. The summed E-state index contributed by atoms with van der Waals surface area (Å²) in [7, 11) is 0. The fourth-order valence-corrected chi connectivity index (χ4v) is 2.40. The minimum absolute atomic E-state index is 0.508. The van der Waals surface area contributed by atoms with Crippen LogP contribution in [0.25, 0.3) is 0 Å². The molecule has 0 saturated heterocycles. The van der Waals surface area contributed by atoms with Gasteiger partial charge in [-0.1, -0.05) is 37.1 Å².